The first-order chi connectivity index (χ1) is 9.69. The highest BCUT2D eigenvalue weighted by atomic mass is 16.5. The van der Waals surface area contributed by atoms with Gasteiger partial charge in [-0.15, -0.1) is 0 Å². The van der Waals surface area contributed by atoms with Crippen LogP contribution in [-0.4, -0.2) is 49.3 Å². The van der Waals surface area contributed by atoms with Crippen molar-refractivity contribution in [3.63, 3.8) is 0 Å². The molecule has 20 heavy (non-hydrogen) atoms. The van der Waals surface area contributed by atoms with Crippen molar-refractivity contribution in [1.29, 1.82) is 0 Å². The maximum atomic E-state index is 5.28. The first kappa shape index (κ1) is 14.8. The maximum absolute atomic E-state index is 5.28. The van der Waals surface area contributed by atoms with Gasteiger partial charge in [-0.2, -0.15) is 0 Å². The second-order valence-corrected chi connectivity index (χ2v) is 7.60. The fraction of sp³-hybridized carbons (Fsp3) is 1.00. The molecule has 1 spiro atoms. The van der Waals surface area contributed by atoms with Crippen LogP contribution in [0.25, 0.3) is 0 Å². The van der Waals surface area contributed by atoms with Crippen LogP contribution < -0.4 is 5.32 Å². The minimum absolute atomic E-state index is 0.371. The third kappa shape index (κ3) is 2.90. The predicted molar refractivity (Wildman–Crippen MR) is 83.0 cm³/mol. The standard InChI is InChI=1S/C17H32N2O/c1-16(15-7-8-15)14-19(11-6-12-20-2)17(13-18-16)9-4-3-5-10-17/h15,18H,3-14H2,1-2H3. The van der Waals surface area contributed by atoms with Crippen molar-refractivity contribution in [2.24, 2.45) is 5.92 Å². The lowest BCUT2D eigenvalue weighted by Gasteiger charge is -2.56. The number of piperazine rings is 1. The summed E-state index contributed by atoms with van der Waals surface area (Å²) in [6.45, 7) is 7.05. The van der Waals surface area contributed by atoms with E-state index in [0.717, 1.165) is 12.5 Å². The Morgan fingerprint density at radius 2 is 1.95 bits per heavy atom. The Hall–Kier alpha value is -0.120. The molecule has 0 amide bonds. The fourth-order valence-electron chi connectivity index (χ4n) is 4.51. The van der Waals surface area contributed by atoms with Crippen molar-refractivity contribution in [3.05, 3.63) is 0 Å². The zero-order valence-electron chi connectivity index (χ0n) is 13.4. The minimum atomic E-state index is 0.371. The highest BCUT2D eigenvalue weighted by Crippen LogP contribution is 2.45. The van der Waals surface area contributed by atoms with Gasteiger partial charge in [0.2, 0.25) is 0 Å². The van der Waals surface area contributed by atoms with E-state index in [2.05, 4.69) is 17.1 Å². The summed E-state index contributed by atoms with van der Waals surface area (Å²) >= 11 is 0. The normalized spacial score (nSPS) is 34.5. The first-order valence-corrected chi connectivity index (χ1v) is 8.68. The Bertz CT molecular complexity index is 323. The van der Waals surface area contributed by atoms with Gasteiger partial charge in [0, 0.05) is 44.4 Å². The van der Waals surface area contributed by atoms with E-state index in [-0.39, 0.29) is 0 Å². The molecule has 3 heteroatoms. The first-order valence-electron chi connectivity index (χ1n) is 8.68. The molecule has 116 valence electrons. The van der Waals surface area contributed by atoms with Gasteiger partial charge in [-0.3, -0.25) is 4.90 Å². The van der Waals surface area contributed by atoms with Crippen molar-refractivity contribution >= 4 is 0 Å². The minimum Gasteiger partial charge on any atom is -0.385 e. The van der Waals surface area contributed by atoms with Gasteiger partial charge in [-0.1, -0.05) is 19.3 Å². The number of nitrogens with zero attached hydrogens (tertiary/aromatic N) is 1. The molecule has 0 aromatic heterocycles. The average molecular weight is 280 g/mol. The van der Waals surface area contributed by atoms with Gasteiger partial charge in [0.1, 0.15) is 0 Å². The highest BCUT2D eigenvalue weighted by Gasteiger charge is 2.50. The lowest BCUT2D eigenvalue weighted by Crippen LogP contribution is -2.70. The molecule has 1 saturated heterocycles. The van der Waals surface area contributed by atoms with Gasteiger partial charge in [0.25, 0.3) is 0 Å². The molecule has 3 aliphatic rings. The molecule has 3 rings (SSSR count). The van der Waals surface area contributed by atoms with Crippen LogP contribution in [0.2, 0.25) is 0 Å². The Morgan fingerprint density at radius 1 is 1.20 bits per heavy atom. The van der Waals surface area contributed by atoms with Gasteiger partial charge in [0.05, 0.1) is 0 Å². The summed E-state index contributed by atoms with van der Waals surface area (Å²) in [6, 6.07) is 0. The van der Waals surface area contributed by atoms with E-state index in [1.54, 1.807) is 0 Å². The molecular formula is C17H32N2O. The monoisotopic (exact) mass is 280 g/mol. The van der Waals surface area contributed by atoms with Gasteiger partial charge >= 0.3 is 0 Å². The molecule has 3 nitrogen and oxygen atoms in total. The Morgan fingerprint density at radius 3 is 2.60 bits per heavy atom. The molecule has 1 atom stereocenters. The number of rotatable bonds is 5. The van der Waals surface area contributed by atoms with Crippen LogP contribution >= 0.6 is 0 Å². The van der Waals surface area contributed by atoms with Crippen molar-refractivity contribution in [2.45, 2.75) is 69.4 Å². The second-order valence-electron chi connectivity index (χ2n) is 7.60. The van der Waals surface area contributed by atoms with E-state index in [1.165, 1.54) is 71.0 Å². The molecule has 0 radical (unpaired) electrons. The van der Waals surface area contributed by atoms with Crippen LogP contribution in [0, 0.1) is 5.92 Å². The van der Waals surface area contributed by atoms with Crippen LogP contribution in [0.5, 0.6) is 0 Å². The van der Waals surface area contributed by atoms with Gasteiger partial charge < -0.3 is 10.1 Å². The summed E-state index contributed by atoms with van der Waals surface area (Å²) in [5.41, 5.74) is 0.830. The van der Waals surface area contributed by atoms with Gasteiger partial charge in [-0.25, -0.2) is 0 Å². The topological polar surface area (TPSA) is 24.5 Å². The predicted octanol–water partition coefficient (Wildman–Crippen LogP) is 2.80. The van der Waals surface area contributed by atoms with Crippen molar-refractivity contribution in [1.82, 2.24) is 10.2 Å². The number of nitrogens with one attached hydrogen (secondary N) is 1. The number of methoxy groups -OCH3 is 1. The van der Waals surface area contributed by atoms with Crippen LogP contribution in [0.15, 0.2) is 0 Å². The summed E-state index contributed by atoms with van der Waals surface area (Å²) in [6.07, 6.45) is 11.1. The SMILES string of the molecule is COCCCN1CC(C)(C2CC2)NCC12CCCCC2. The largest absolute Gasteiger partial charge is 0.385 e. The molecule has 1 unspecified atom stereocenters. The zero-order valence-corrected chi connectivity index (χ0v) is 13.4. The molecule has 1 heterocycles. The molecular weight excluding hydrogens is 248 g/mol. The smallest absolute Gasteiger partial charge is 0.0474 e. The van der Waals surface area contributed by atoms with E-state index >= 15 is 0 Å². The van der Waals surface area contributed by atoms with Crippen LogP contribution in [0.4, 0.5) is 0 Å². The van der Waals surface area contributed by atoms with Crippen LogP contribution in [-0.2, 0) is 4.74 Å². The van der Waals surface area contributed by atoms with Crippen molar-refractivity contribution in [2.75, 3.05) is 33.4 Å². The molecule has 2 aliphatic carbocycles. The fourth-order valence-corrected chi connectivity index (χ4v) is 4.51. The molecule has 0 aromatic carbocycles. The molecule has 2 saturated carbocycles. The van der Waals surface area contributed by atoms with Crippen molar-refractivity contribution < 1.29 is 4.74 Å². The molecule has 3 fully saturated rings. The Kier molecular flexibility index (Phi) is 4.40. The van der Waals surface area contributed by atoms with E-state index in [1.807, 2.05) is 7.11 Å². The lowest BCUT2D eigenvalue weighted by atomic mass is 9.75. The van der Waals surface area contributed by atoms with E-state index in [0.29, 0.717) is 11.1 Å². The van der Waals surface area contributed by atoms with Gasteiger partial charge in [-0.05, 0) is 44.9 Å². The summed E-state index contributed by atoms with van der Waals surface area (Å²) < 4.78 is 5.28. The summed E-state index contributed by atoms with van der Waals surface area (Å²) in [5.74, 6) is 0.924. The number of hydrogen-bond donors (Lipinski definition) is 1. The molecule has 0 bridgehead atoms. The lowest BCUT2D eigenvalue weighted by molar-refractivity contribution is -0.0242. The molecule has 1 aliphatic heterocycles. The van der Waals surface area contributed by atoms with E-state index in [9.17, 15) is 0 Å². The van der Waals surface area contributed by atoms with Crippen LogP contribution in [0.1, 0.15) is 58.3 Å². The average Bonchev–Trinajstić information content (AvgIpc) is 3.30. The third-order valence-corrected chi connectivity index (χ3v) is 6.05. The number of hydrogen-bond acceptors (Lipinski definition) is 3. The Labute approximate surface area is 124 Å². The number of ether oxygens (including phenoxy) is 1. The van der Waals surface area contributed by atoms with Gasteiger partial charge in [0.15, 0.2) is 0 Å². The third-order valence-electron chi connectivity index (χ3n) is 6.05. The maximum Gasteiger partial charge on any atom is 0.0474 e. The van der Waals surface area contributed by atoms with E-state index < -0.39 is 0 Å². The summed E-state index contributed by atoms with van der Waals surface area (Å²) in [7, 11) is 1.82. The van der Waals surface area contributed by atoms with Crippen molar-refractivity contribution in [3.8, 4) is 0 Å². The molecule has 1 N–H and O–H groups in total. The second kappa shape index (κ2) is 5.94. The van der Waals surface area contributed by atoms with E-state index in [4.69, 9.17) is 4.74 Å². The quantitative estimate of drug-likeness (QED) is 0.784. The summed E-state index contributed by atoms with van der Waals surface area (Å²) in [5, 5.41) is 3.97. The van der Waals surface area contributed by atoms with Crippen LogP contribution in [0.3, 0.4) is 0 Å². The Balaban J connectivity index is 1.69. The molecule has 0 aromatic rings. The summed E-state index contributed by atoms with van der Waals surface area (Å²) in [4.78, 5) is 2.85. The zero-order chi connectivity index (χ0) is 14.1. The highest BCUT2D eigenvalue weighted by molar-refractivity contribution is 5.09.